The molecule has 0 atom stereocenters. The molecule has 0 bridgehead atoms. The van der Waals surface area contributed by atoms with Crippen LogP contribution in [0.15, 0.2) is 12.1 Å². The maximum absolute atomic E-state index is 5.37. The number of nitrogens with two attached hydrogens (primary N) is 1. The van der Waals surface area contributed by atoms with Crippen molar-refractivity contribution in [3.63, 3.8) is 0 Å². The summed E-state index contributed by atoms with van der Waals surface area (Å²) in [6.45, 7) is 4.14. The van der Waals surface area contributed by atoms with Gasteiger partial charge in [-0.25, -0.2) is 10.8 Å². The van der Waals surface area contributed by atoms with E-state index in [1.54, 1.807) is 0 Å². The van der Waals surface area contributed by atoms with Gasteiger partial charge in [0, 0.05) is 7.05 Å². The molecule has 14 heavy (non-hydrogen) atoms. The minimum absolute atomic E-state index is 0.689. The Morgan fingerprint density at radius 3 is 2.71 bits per heavy atom. The Labute approximate surface area is 82.7 Å². The van der Waals surface area contributed by atoms with Gasteiger partial charge in [-0.05, 0) is 31.0 Å². The number of anilines is 1. The number of benzene rings is 1. The normalized spacial score (nSPS) is 10.9. The van der Waals surface area contributed by atoms with Gasteiger partial charge in [0.1, 0.15) is 0 Å². The number of imidazole rings is 1. The van der Waals surface area contributed by atoms with E-state index >= 15 is 0 Å². The number of fused-ring (bicyclic) bond motifs is 1. The number of aromatic nitrogens is 2. The fraction of sp³-hybridized carbons (Fsp3) is 0.300. The summed E-state index contributed by atoms with van der Waals surface area (Å²) < 4.78 is 1.95. The van der Waals surface area contributed by atoms with Crippen LogP contribution < -0.4 is 11.3 Å². The molecule has 74 valence electrons. The van der Waals surface area contributed by atoms with Gasteiger partial charge >= 0.3 is 0 Å². The number of hydrazine groups is 1. The third-order valence-corrected chi connectivity index (χ3v) is 2.45. The highest BCUT2D eigenvalue weighted by Gasteiger charge is 2.08. The van der Waals surface area contributed by atoms with Crippen molar-refractivity contribution >= 4 is 17.0 Å². The Kier molecular flexibility index (Phi) is 1.93. The standard InChI is InChI=1S/C10H14N4/c1-6-4-7(2)9-8(5-6)14(3)10(12-9)13-11/h4-5H,11H2,1-3H3,(H,12,13). The van der Waals surface area contributed by atoms with E-state index in [2.05, 4.69) is 36.4 Å². The Bertz CT molecular complexity index is 484. The van der Waals surface area contributed by atoms with Gasteiger partial charge in [0.2, 0.25) is 5.95 Å². The number of hydrogen-bond acceptors (Lipinski definition) is 3. The molecule has 0 aliphatic carbocycles. The molecule has 2 rings (SSSR count). The summed E-state index contributed by atoms with van der Waals surface area (Å²) >= 11 is 0. The lowest BCUT2D eigenvalue weighted by Crippen LogP contribution is -2.11. The van der Waals surface area contributed by atoms with Crippen LogP contribution in [-0.4, -0.2) is 9.55 Å². The zero-order chi connectivity index (χ0) is 10.3. The van der Waals surface area contributed by atoms with Crippen molar-refractivity contribution in [1.82, 2.24) is 9.55 Å². The summed E-state index contributed by atoms with van der Waals surface area (Å²) in [6.07, 6.45) is 0. The van der Waals surface area contributed by atoms with Gasteiger partial charge in [0.05, 0.1) is 11.0 Å². The maximum Gasteiger partial charge on any atom is 0.218 e. The molecule has 3 N–H and O–H groups in total. The number of nitrogens with zero attached hydrogens (tertiary/aromatic N) is 2. The van der Waals surface area contributed by atoms with Crippen molar-refractivity contribution < 1.29 is 0 Å². The maximum atomic E-state index is 5.37. The first kappa shape index (κ1) is 9.02. The second-order valence-corrected chi connectivity index (χ2v) is 3.59. The molecular weight excluding hydrogens is 176 g/mol. The summed E-state index contributed by atoms with van der Waals surface area (Å²) in [7, 11) is 1.95. The highest BCUT2D eigenvalue weighted by molar-refractivity contribution is 5.82. The summed E-state index contributed by atoms with van der Waals surface area (Å²) in [5.41, 5.74) is 7.11. The average molecular weight is 190 g/mol. The average Bonchev–Trinajstić information content (AvgIpc) is 2.44. The number of rotatable bonds is 1. The molecule has 0 spiro atoms. The summed E-state index contributed by atoms with van der Waals surface area (Å²) in [5.74, 6) is 6.06. The highest BCUT2D eigenvalue weighted by Crippen LogP contribution is 2.22. The van der Waals surface area contributed by atoms with Crippen LogP contribution in [0.1, 0.15) is 11.1 Å². The van der Waals surface area contributed by atoms with Gasteiger partial charge < -0.3 is 4.57 Å². The zero-order valence-electron chi connectivity index (χ0n) is 8.63. The Hall–Kier alpha value is -1.55. The van der Waals surface area contributed by atoms with Crippen LogP contribution in [-0.2, 0) is 7.05 Å². The van der Waals surface area contributed by atoms with E-state index in [9.17, 15) is 0 Å². The molecule has 0 fully saturated rings. The smallest absolute Gasteiger partial charge is 0.218 e. The van der Waals surface area contributed by atoms with Crippen molar-refractivity contribution in [1.29, 1.82) is 0 Å². The number of nitrogen functional groups attached to an aromatic ring is 1. The number of hydrogen-bond donors (Lipinski definition) is 2. The SMILES string of the molecule is Cc1cc(C)c2nc(NN)n(C)c2c1. The van der Waals surface area contributed by atoms with Crippen LogP contribution in [0.4, 0.5) is 5.95 Å². The highest BCUT2D eigenvalue weighted by atomic mass is 15.3. The van der Waals surface area contributed by atoms with Gasteiger partial charge in [-0.3, -0.25) is 5.43 Å². The fourth-order valence-corrected chi connectivity index (χ4v) is 1.76. The molecule has 4 nitrogen and oxygen atoms in total. The van der Waals surface area contributed by atoms with Crippen molar-refractivity contribution in [2.24, 2.45) is 12.9 Å². The van der Waals surface area contributed by atoms with Gasteiger partial charge in [0.15, 0.2) is 0 Å². The van der Waals surface area contributed by atoms with Crippen LogP contribution >= 0.6 is 0 Å². The molecule has 0 saturated carbocycles. The molecule has 4 heteroatoms. The number of aryl methyl sites for hydroxylation is 3. The third-order valence-electron chi connectivity index (χ3n) is 2.45. The first-order valence-corrected chi connectivity index (χ1v) is 4.54. The van der Waals surface area contributed by atoms with E-state index in [1.807, 2.05) is 11.6 Å². The lowest BCUT2D eigenvalue weighted by atomic mass is 10.1. The van der Waals surface area contributed by atoms with Crippen LogP contribution in [0.5, 0.6) is 0 Å². The molecule has 0 amide bonds. The zero-order valence-corrected chi connectivity index (χ0v) is 8.63. The van der Waals surface area contributed by atoms with E-state index in [0.717, 1.165) is 11.0 Å². The van der Waals surface area contributed by atoms with Crippen molar-refractivity contribution in [2.75, 3.05) is 5.43 Å². The molecule has 0 aliphatic rings. The summed E-state index contributed by atoms with van der Waals surface area (Å²) in [4.78, 5) is 4.40. The first-order valence-electron chi connectivity index (χ1n) is 4.54. The largest absolute Gasteiger partial charge is 0.312 e. The summed E-state index contributed by atoms with van der Waals surface area (Å²) in [6, 6.07) is 4.23. The van der Waals surface area contributed by atoms with Crippen LogP contribution in [0, 0.1) is 13.8 Å². The Morgan fingerprint density at radius 2 is 2.07 bits per heavy atom. The van der Waals surface area contributed by atoms with Gasteiger partial charge in [0.25, 0.3) is 0 Å². The lowest BCUT2D eigenvalue weighted by molar-refractivity contribution is 0.942. The van der Waals surface area contributed by atoms with E-state index in [1.165, 1.54) is 11.1 Å². The molecular formula is C10H14N4. The minimum atomic E-state index is 0.689. The summed E-state index contributed by atoms with van der Waals surface area (Å²) in [5, 5.41) is 0. The van der Waals surface area contributed by atoms with Crippen LogP contribution in [0.25, 0.3) is 11.0 Å². The molecule has 1 aromatic heterocycles. The molecule has 0 radical (unpaired) electrons. The minimum Gasteiger partial charge on any atom is -0.312 e. The van der Waals surface area contributed by atoms with Gasteiger partial charge in [-0.15, -0.1) is 0 Å². The van der Waals surface area contributed by atoms with Crippen LogP contribution in [0.3, 0.4) is 0 Å². The van der Waals surface area contributed by atoms with Crippen molar-refractivity contribution in [3.05, 3.63) is 23.3 Å². The molecule has 0 unspecified atom stereocenters. The Balaban J connectivity index is 2.85. The molecule has 0 saturated heterocycles. The second kappa shape index (κ2) is 2.99. The predicted molar refractivity (Wildman–Crippen MR) is 58.0 cm³/mol. The van der Waals surface area contributed by atoms with E-state index < -0.39 is 0 Å². The first-order chi connectivity index (χ1) is 6.63. The van der Waals surface area contributed by atoms with Crippen molar-refractivity contribution in [3.8, 4) is 0 Å². The quantitative estimate of drug-likeness (QED) is 0.529. The molecule has 0 aliphatic heterocycles. The van der Waals surface area contributed by atoms with Gasteiger partial charge in [-0.1, -0.05) is 6.07 Å². The Morgan fingerprint density at radius 1 is 1.36 bits per heavy atom. The van der Waals surface area contributed by atoms with Crippen molar-refractivity contribution in [2.45, 2.75) is 13.8 Å². The van der Waals surface area contributed by atoms with E-state index in [-0.39, 0.29) is 0 Å². The van der Waals surface area contributed by atoms with Crippen LogP contribution in [0.2, 0.25) is 0 Å². The third kappa shape index (κ3) is 1.15. The second-order valence-electron chi connectivity index (χ2n) is 3.59. The number of nitrogens with one attached hydrogen (secondary N) is 1. The predicted octanol–water partition coefficient (Wildman–Crippen LogP) is 1.48. The van der Waals surface area contributed by atoms with E-state index in [4.69, 9.17) is 5.84 Å². The lowest BCUT2D eigenvalue weighted by Gasteiger charge is -2.01. The van der Waals surface area contributed by atoms with E-state index in [0.29, 0.717) is 5.95 Å². The molecule has 2 aromatic rings. The molecule has 1 heterocycles. The fourth-order valence-electron chi connectivity index (χ4n) is 1.76. The molecule has 1 aromatic carbocycles. The van der Waals surface area contributed by atoms with Gasteiger partial charge in [-0.2, -0.15) is 0 Å². The monoisotopic (exact) mass is 190 g/mol. The topological polar surface area (TPSA) is 55.9 Å².